The van der Waals surface area contributed by atoms with Crippen LogP contribution < -0.4 is 5.32 Å². The third-order valence-corrected chi connectivity index (χ3v) is 2.26. The molecule has 1 fully saturated rings. The summed E-state index contributed by atoms with van der Waals surface area (Å²) < 4.78 is 0. The maximum atomic E-state index is 8.92. The van der Waals surface area contributed by atoms with Crippen molar-refractivity contribution in [3.63, 3.8) is 0 Å². The van der Waals surface area contributed by atoms with E-state index in [9.17, 15) is 0 Å². The van der Waals surface area contributed by atoms with Gasteiger partial charge < -0.3 is 10.4 Å². The van der Waals surface area contributed by atoms with Crippen LogP contribution in [-0.4, -0.2) is 48.8 Å². The molecule has 1 saturated heterocycles. The number of aliphatic hydroxyl groups is 1. The summed E-state index contributed by atoms with van der Waals surface area (Å²) in [6.45, 7) is 6.72. The molecule has 0 unspecified atom stereocenters. The minimum Gasteiger partial charge on any atom is -0.395 e. The molecule has 3 nitrogen and oxygen atoms in total. The molecule has 0 radical (unpaired) electrons. The lowest BCUT2D eigenvalue weighted by molar-refractivity contribution is 0.141. The average Bonchev–Trinajstić information content (AvgIpc) is 2.30. The maximum absolute atomic E-state index is 8.92. The molecule has 0 aromatic rings. The largest absolute Gasteiger partial charge is 0.395 e. The average molecular weight is 158 g/mol. The fourth-order valence-corrected chi connectivity index (χ4v) is 1.42. The van der Waals surface area contributed by atoms with Gasteiger partial charge in [0.25, 0.3) is 0 Å². The van der Waals surface area contributed by atoms with E-state index >= 15 is 0 Å². The van der Waals surface area contributed by atoms with E-state index in [0.29, 0.717) is 6.04 Å². The highest BCUT2D eigenvalue weighted by atomic mass is 16.3. The van der Waals surface area contributed by atoms with Crippen LogP contribution >= 0.6 is 0 Å². The van der Waals surface area contributed by atoms with E-state index < -0.39 is 0 Å². The highest BCUT2D eigenvalue weighted by Crippen LogP contribution is 2.00. The molecule has 11 heavy (non-hydrogen) atoms. The van der Waals surface area contributed by atoms with Crippen LogP contribution in [0.5, 0.6) is 0 Å². The first kappa shape index (κ1) is 8.97. The molecular formula is C8H18N2O. The van der Waals surface area contributed by atoms with Gasteiger partial charge in [0, 0.05) is 19.1 Å². The molecule has 1 heterocycles. The molecule has 0 aliphatic carbocycles. The monoisotopic (exact) mass is 158 g/mol. The molecule has 0 bridgehead atoms. The summed E-state index contributed by atoms with van der Waals surface area (Å²) in [5.74, 6) is 0. The summed E-state index contributed by atoms with van der Waals surface area (Å²) in [5.41, 5.74) is 0. The van der Waals surface area contributed by atoms with Crippen molar-refractivity contribution in [1.29, 1.82) is 0 Å². The van der Waals surface area contributed by atoms with E-state index in [4.69, 9.17) is 5.11 Å². The van der Waals surface area contributed by atoms with E-state index in [1.807, 2.05) is 0 Å². The van der Waals surface area contributed by atoms with E-state index in [1.54, 1.807) is 0 Å². The SMILES string of the molecule is C[C@@H](CO)N1CCCNCC1. The molecule has 2 N–H and O–H groups in total. The van der Waals surface area contributed by atoms with Gasteiger partial charge >= 0.3 is 0 Å². The van der Waals surface area contributed by atoms with Gasteiger partial charge in [-0.25, -0.2) is 0 Å². The summed E-state index contributed by atoms with van der Waals surface area (Å²) in [5, 5.41) is 12.2. The predicted octanol–water partition coefficient (Wildman–Crippen LogP) is -0.337. The molecule has 0 spiro atoms. The van der Waals surface area contributed by atoms with Gasteiger partial charge in [-0.05, 0) is 26.4 Å². The Morgan fingerprint density at radius 1 is 1.45 bits per heavy atom. The lowest BCUT2D eigenvalue weighted by atomic mass is 10.3. The van der Waals surface area contributed by atoms with E-state index in [-0.39, 0.29) is 6.61 Å². The smallest absolute Gasteiger partial charge is 0.0584 e. The van der Waals surface area contributed by atoms with Gasteiger partial charge in [0.1, 0.15) is 0 Å². The Morgan fingerprint density at radius 2 is 2.27 bits per heavy atom. The van der Waals surface area contributed by atoms with Crippen molar-refractivity contribution in [3.8, 4) is 0 Å². The standard InChI is InChI=1S/C8H18N2O/c1-8(7-11)10-5-2-3-9-4-6-10/h8-9,11H,2-7H2,1H3/t8-/m0/s1. The topological polar surface area (TPSA) is 35.5 Å². The molecule has 1 atom stereocenters. The summed E-state index contributed by atoms with van der Waals surface area (Å²) in [6.07, 6.45) is 1.20. The molecule has 1 aliphatic rings. The van der Waals surface area contributed by atoms with Gasteiger partial charge in [-0.3, -0.25) is 4.90 Å². The fraction of sp³-hybridized carbons (Fsp3) is 1.00. The predicted molar refractivity (Wildman–Crippen MR) is 45.6 cm³/mol. The van der Waals surface area contributed by atoms with Crippen molar-refractivity contribution < 1.29 is 5.11 Å². The van der Waals surface area contributed by atoms with Crippen molar-refractivity contribution in [2.24, 2.45) is 0 Å². The zero-order valence-electron chi connectivity index (χ0n) is 7.21. The molecule has 0 saturated carbocycles. The second-order valence-corrected chi connectivity index (χ2v) is 3.17. The molecule has 0 aromatic heterocycles. The lowest BCUT2D eigenvalue weighted by Crippen LogP contribution is -2.38. The van der Waals surface area contributed by atoms with Gasteiger partial charge in [-0.1, -0.05) is 0 Å². The summed E-state index contributed by atoms with van der Waals surface area (Å²) >= 11 is 0. The molecule has 66 valence electrons. The van der Waals surface area contributed by atoms with Crippen molar-refractivity contribution in [3.05, 3.63) is 0 Å². The van der Waals surface area contributed by atoms with Gasteiger partial charge in [-0.15, -0.1) is 0 Å². The lowest BCUT2D eigenvalue weighted by Gasteiger charge is -2.25. The van der Waals surface area contributed by atoms with Crippen LogP contribution in [0.15, 0.2) is 0 Å². The molecule has 1 rings (SSSR count). The Hall–Kier alpha value is -0.120. The fourth-order valence-electron chi connectivity index (χ4n) is 1.42. The minimum atomic E-state index is 0.278. The van der Waals surface area contributed by atoms with Gasteiger partial charge in [0.2, 0.25) is 0 Å². The van der Waals surface area contributed by atoms with E-state index in [2.05, 4.69) is 17.1 Å². The molecular weight excluding hydrogens is 140 g/mol. The highest BCUT2D eigenvalue weighted by Gasteiger charge is 2.13. The Balaban J connectivity index is 2.30. The minimum absolute atomic E-state index is 0.278. The van der Waals surface area contributed by atoms with Crippen molar-refractivity contribution in [2.45, 2.75) is 19.4 Å². The van der Waals surface area contributed by atoms with E-state index in [1.165, 1.54) is 6.42 Å². The van der Waals surface area contributed by atoms with Crippen molar-refractivity contribution in [1.82, 2.24) is 10.2 Å². The number of hydrogen-bond acceptors (Lipinski definition) is 3. The quantitative estimate of drug-likeness (QED) is 0.577. The number of rotatable bonds is 2. The zero-order chi connectivity index (χ0) is 8.10. The Labute approximate surface area is 68.4 Å². The van der Waals surface area contributed by atoms with Crippen LogP contribution in [0.1, 0.15) is 13.3 Å². The van der Waals surface area contributed by atoms with Gasteiger partial charge in [0.15, 0.2) is 0 Å². The van der Waals surface area contributed by atoms with Crippen LogP contribution in [0, 0.1) is 0 Å². The third kappa shape index (κ3) is 2.77. The number of aliphatic hydroxyl groups excluding tert-OH is 1. The third-order valence-electron chi connectivity index (χ3n) is 2.26. The number of nitrogens with one attached hydrogen (secondary N) is 1. The van der Waals surface area contributed by atoms with Crippen LogP contribution in [0.3, 0.4) is 0 Å². The zero-order valence-corrected chi connectivity index (χ0v) is 7.21. The normalized spacial score (nSPS) is 24.5. The van der Waals surface area contributed by atoms with E-state index in [0.717, 1.165) is 26.2 Å². The second-order valence-electron chi connectivity index (χ2n) is 3.17. The Bertz CT molecular complexity index is 100. The summed E-state index contributed by atoms with van der Waals surface area (Å²) in [6, 6.07) is 0.329. The first-order valence-corrected chi connectivity index (χ1v) is 4.40. The first-order chi connectivity index (χ1) is 5.34. The van der Waals surface area contributed by atoms with Crippen LogP contribution in [0.2, 0.25) is 0 Å². The van der Waals surface area contributed by atoms with Crippen LogP contribution in [0.4, 0.5) is 0 Å². The van der Waals surface area contributed by atoms with Crippen molar-refractivity contribution >= 4 is 0 Å². The van der Waals surface area contributed by atoms with Crippen LogP contribution in [0.25, 0.3) is 0 Å². The summed E-state index contributed by atoms with van der Waals surface area (Å²) in [4.78, 5) is 2.33. The number of nitrogens with zero attached hydrogens (tertiary/aromatic N) is 1. The highest BCUT2D eigenvalue weighted by molar-refractivity contribution is 4.70. The first-order valence-electron chi connectivity index (χ1n) is 4.40. The van der Waals surface area contributed by atoms with Crippen LogP contribution in [-0.2, 0) is 0 Å². The molecule has 3 heteroatoms. The van der Waals surface area contributed by atoms with Crippen molar-refractivity contribution in [2.75, 3.05) is 32.8 Å². The maximum Gasteiger partial charge on any atom is 0.0584 e. The van der Waals surface area contributed by atoms with Gasteiger partial charge in [-0.2, -0.15) is 0 Å². The molecule has 1 aliphatic heterocycles. The summed E-state index contributed by atoms with van der Waals surface area (Å²) in [7, 11) is 0. The second kappa shape index (κ2) is 4.70. The molecule has 0 aromatic carbocycles. The Morgan fingerprint density at radius 3 is 3.00 bits per heavy atom. The number of hydrogen-bond donors (Lipinski definition) is 2. The molecule has 0 amide bonds. The van der Waals surface area contributed by atoms with Gasteiger partial charge in [0.05, 0.1) is 6.61 Å². The Kier molecular flexibility index (Phi) is 3.83.